The van der Waals surface area contributed by atoms with Gasteiger partial charge in [0.15, 0.2) is 0 Å². The molecule has 2 aliphatic rings. The molecule has 2 saturated heterocycles. The van der Waals surface area contributed by atoms with E-state index in [0.717, 1.165) is 59.5 Å². The van der Waals surface area contributed by atoms with Gasteiger partial charge in [0.2, 0.25) is 27.7 Å². The van der Waals surface area contributed by atoms with Gasteiger partial charge in [-0.15, -0.1) is 11.3 Å². The molecule has 5 amide bonds. The molecule has 0 aliphatic carbocycles. The summed E-state index contributed by atoms with van der Waals surface area (Å²) in [4.78, 5) is 66.6. The zero-order chi connectivity index (χ0) is 47.4. The third-order valence-electron chi connectivity index (χ3n) is 12.2. The highest BCUT2D eigenvalue weighted by atomic mass is 32.2. The fourth-order valence-electron chi connectivity index (χ4n) is 8.31. The third-order valence-corrected chi connectivity index (χ3v) is 15.1. The number of carbonyl (C=O) groups excluding carboxylic acids is 4. The first-order valence-electron chi connectivity index (χ1n) is 22.8. The molecule has 4 heterocycles. The number of β-amino-alcohol motifs (C(OH)–C–C–N with tert-alkyl or cyclic N) is 1. The second kappa shape index (κ2) is 23.0. The van der Waals surface area contributed by atoms with Gasteiger partial charge in [0.05, 0.1) is 33.1 Å². The van der Waals surface area contributed by atoms with Crippen LogP contribution in [0.5, 0.6) is 0 Å². The molecule has 356 valence electrons. The lowest BCUT2D eigenvalue weighted by atomic mass is 9.85. The number of nitrogens with one attached hydrogen (secondary N) is 4. The summed E-state index contributed by atoms with van der Waals surface area (Å²) >= 11 is 1.58. The molecule has 4 atom stereocenters. The molecule has 0 spiro atoms. The minimum absolute atomic E-state index is 0.0106. The minimum atomic E-state index is -3.68. The maximum atomic E-state index is 14.1. The van der Waals surface area contributed by atoms with Gasteiger partial charge >= 0.3 is 6.03 Å². The summed E-state index contributed by atoms with van der Waals surface area (Å²) < 4.78 is 28.3. The van der Waals surface area contributed by atoms with Crippen LogP contribution in [-0.4, -0.2) is 119 Å². The second-order valence-corrected chi connectivity index (χ2v) is 21.1. The number of carbonyl (C=O) groups is 4. The van der Waals surface area contributed by atoms with Crippen molar-refractivity contribution in [1.29, 1.82) is 0 Å². The van der Waals surface area contributed by atoms with Gasteiger partial charge in [0.1, 0.15) is 12.1 Å². The van der Waals surface area contributed by atoms with Crippen LogP contribution in [0.2, 0.25) is 0 Å². The van der Waals surface area contributed by atoms with Crippen LogP contribution >= 0.6 is 11.3 Å². The fraction of sp³-hybridized carbons (Fsp3) is 0.500. The molecule has 2 aromatic heterocycles. The number of nitrogens with zero attached hydrogens (tertiary/aromatic N) is 5. The zero-order valence-electron chi connectivity index (χ0n) is 38.7. The van der Waals surface area contributed by atoms with Gasteiger partial charge in [0.25, 0.3) is 0 Å². The summed E-state index contributed by atoms with van der Waals surface area (Å²) in [6.07, 6.45) is 7.25. The Morgan fingerprint density at radius 3 is 2.26 bits per heavy atom. The summed E-state index contributed by atoms with van der Waals surface area (Å²) in [5.74, 6) is -0.959. The maximum Gasteiger partial charge on any atom is 0.319 e. The number of aryl methyl sites for hydroxylation is 1. The number of rotatable bonds is 19. The van der Waals surface area contributed by atoms with Crippen molar-refractivity contribution in [2.45, 2.75) is 115 Å². The van der Waals surface area contributed by atoms with Crippen molar-refractivity contribution in [3.8, 4) is 10.4 Å². The topological polar surface area (TPSA) is 206 Å². The molecule has 0 radical (unpaired) electrons. The Labute approximate surface area is 393 Å². The molecule has 66 heavy (non-hydrogen) atoms. The highest BCUT2D eigenvalue weighted by Crippen LogP contribution is 2.30. The predicted octanol–water partition coefficient (Wildman–Crippen LogP) is 5.85. The average molecular weight is 944 g/mol. The minimum Gasteiger partial charge on any atom is -0.391 e. The number of urea groups is 1. The van der Waals surface area contributed by atoms with Crippen molar-refractivity contribution in [3.63, 3.8) is 0 Å². The molecule has 2 fully saturated rings. The predicted molar refractivity (Wildman–Crippen MR) is 256 cm³/mol. The molecule has 18 heteroatoms. The van der Waals surface area contributed by atoms with E-state index in [1.54, 1.807) is 41.9 Å². The lowest BCUT2D eigenvalue weighted by Gasteiger charge is -2.35. The molecule has 2 aromatic carbocycles. The van der Waals surface area contributed by atoms with Gasteiger partial charge in [-0.05, 0) is 85.7 Å². The first-order chi connectivity index (χ1) is 31.5. The zero-order valence-corrected chi connectivity index (χ0v) is 40.3. The molecule has 16 nitrogen and oxygen atoms in total. The number of amides is 5. The van der Waals surface area contributed by atoms with Crippen LogP contribution in [0.1, 0.15) is 95.5 Å². The van der Waals surface area contributed by atoms with E-state index in [9.17, 15) is 32.7 Å². The molecule has 6 rings (SSSR count). The number of anilines is 1. The summed E-state index contributed by atoms with van der Waals surface area (Å²) in [5.41, 5.74) is 5.45. The molecular weight excluding hydrogens is 879 g/mol. The van der Waals surface area contributed by atoms with Crippen LogP contribution in [-0.2, 0) is 31.0 Å². The Bertz CT molecular complexity index is 2350. The highest BCUT2D eigenvalue weighted by Gasteiger charge is 2.44. The Morgan fingerprint density at radius 1 is 0.909 bits per heavy atom. The van der Waals surface area contributed by atoms with Gasteiger partial charge in [-0.1, -0.05) is 70.4 Å². The van der Waals surface area contributed by atoms with E-state index < -0.39 is 39.7 Å². The summed E-state index contributed by atoms with van der Waals surface area (Å²) in [7, 11) is -3.68. The van der Waals surface area contributed by atoms with E-state index in [4.69, 9.17) is 0 Å². The number of aromatic nitrogens is 2. The summed E-state index contributed by atoms with van der Waals surface area (Å²) in [5, 5.41) is 22.1. The number of likely N-dealkylation sites (tertiary alicyclic amines) is 1. The Morgan fingerprint density at radius 2 is 1.61 bits per heavy atom. The molecule has 5 N–H and O–H groups in total. The van der Waals surface area contributed by atoms with Crippen molar-refractivity contribution in [1.82, 2.24) is 40.0 Å². The van der Waals surface area contributed by atoms with Crippen LogP contribution in [0.3, 0.4) is 0 Å². The van der Waals surface area contributed by atoms with E-state index >= 15 is 0 Å². The number of sulfonamides is 1. The van der Waals surface area contributed by atoms with Gasteiger partial charge in [-0.2, -0.15) is 4.31 Å². The van der Waals surface area contributed by atoms with Gasteiger partial charge in [-0.25, -0.2) is 18.2 Å². The Kier molecular flexibility index (Phi) is 17.4. The Hall–Kier alpha value is -5.27. The summed E-state index contributed by atoms with van der Waals surface area (Å²) in [6, 6.07) is 15.3. The van der Waals surface area contributed by atoms with Gasteiger partial charge in [0, 0.05) is 70.2 Å². The maximum absolute atomic E-state index is 14.1. The van der Waals surface area contributed by atoms with E-state index in [2.05, 4.69) is 36.1 Å². The normalized spacial score (nSPS) is 18.1. The van der Waals surface area contributed by atoms with Crippen molar-refractivity contribution in [3.05, 3.63) is 95.4 Å². The van der Waals surface area contributed by atoms with Gasteiger partial charge < -0.3 is 36.2 Å². The molecule has 0 saturated carbocycles. The number of aliphatic hydroxyl groups is 1. The standard InChI is InChI=1S/C48H65N9O7S2/c1-33(36-14-16-37(17-15-36)43-34(2)51-32-65-43)52-45(60)41-28-39(58)31-57(41)46(61)44(48(3,4)5)54-42(59)13-9-7-6-8-10-23-55-24-26-56(27-25-55)66(63,64)40-20-18-38(19-21-40)53-47(62)50-30-35-12-11-22-49-29-35/h11-12,14-22,29,32-33,39,41,44,58H,6-10,13,23-28,30-31H2,1-5H3,(H,52,60)(H,54,59)(H2,50,53,62)/t33-,39+,41-,44+/m0/s1. The smallest absolute Gasteiger partial charge is 0.319 e. The number of piperazine rings is 1. The number of unbranched alkanes of at least 4 members (excludes halogenated alkanes) is 4. The number of pyridine rings is 1. The number of aliphatic hydroxyl groups excluding tert-OH is 1. The second-order valence-electron chi connectivity index (χ2n) is 18.3. The van der Waals surface area contributed by atoms with Crippen LogP contribution < -0.4 is 21.3 Å². The van der Waals surface area contributed by atoms with E-state index in [1.807, 2.05) is 70.5 Å². The Balaban J connectivity index is 0.870. The average Bonchev–Trinajstić information content (AvgIpc) is 3.92. The van der Waals surface area contributed by atoms with Crippen LogP contribution in [0, 0.1) is 12.3 Å². The lowest BCUT2D eigenvalue weighted by molar-refractivity contribution is -0.144. The monoisotopic (exact) mass is 943 g/mol. The first kappa shape index (κ1) is 50.1. The molecule has 0 unspecified atom stereocenters. The van der Waals surface area contributed by atoms with Crippen molar-refractivity contribution >= 4 is 50.8 Å². The highest BCUT2D eigenvalue weighted by molar-refractivity contribution is 7.89. The SMILES string of the molecule is Cc1ncsc1-c1ccc([C@H](C)NC(=O)[C@@H]2C[C@@H](O)CN2C(=O)[C@@H](NC(=O)CCCCCCCN2CCN(S(=O)(=O)c3ccc(NC(=O)NCc4cccnc4)cc3)CC2)C(C)(C)C)cc1. The first-order valence-corrected chi connectivity index (χ1v) is 25.2. The fourth-order valence-corrected chi connectivity index (χ4v) is 10.5. The third kappa shape index (κ3) is 13.7. The number of hydrogen-bond acceptors (Lipinski definition) is 11. The van der Waals surface area contributed by atoms with Crippen molar-refractivity contribution in [2.75, 3.05) is 44.6 Å². The van der Waals surface area contributed by atoms with E-state index in [1.165, 1.54) is 21.3 Å². The largest absolute Gasteiger partial charge is 0.391 e. The lowest BCUT2D eigenvalue weighted by Crippen LogP contribution is -2.57. The molecule has 0 bridgehead atoms. The van der Waals surface area contributed by atoms with Crippen LogP contribution in [0.25, 0.3) is 10.4 Å². The van der Waals surface area contributed by atoms with E-state index in [-0.39, 0.29) is 48.0 Å². The van der Waals surface area contributed by atoms with Crippen LogP contribution in [0.15, 0.2) is 83.5 Å². The number of hydrogen-bond donors (Lipinski definition) is 5. The molecule has 4 aromatic rings. The number of thiazole rings is 1. The van der Waals surface area contributed by atoms with Crippen molar-refractivity contribution in [2.24, 2.45) is 5.41 Å². The van der Waals surface area contributed by atoms with E-state index in [0.29, 0.717) is 44.8 Å². The molecular formula is C48H65N9O7S2. The number of benzene rings is 2. The van der Waals surface area contributed by atoms with Crippen molar-refractivity contribution < 1.29 is 32.7 Å². The molecule has 2 aliphatic heterocycles. The van der Waals surface area contributed by atoms with Crippen LogP contribution in [0.4, 0.5) is 10.5 Å². The summed E-state index contributed by atoms with van der Waals surface area (Å²) in [6.45, 7) is 12.7. The quantitative estimate of drug-likeness (QED) is 0.0709. The van der Waals surface area contributed by atoms with Gasteiger partial charge in [-0.3, -0.25) is 19.4 Å².